The second kappa shape index (κ2) is 9.58. The maximum absolute atomic E-state index is 11.9. The van der Waals surface area contributed by atoms with Crippen molar-refractivity contribution in [2.45, 2.75) is 6.10 Å². The van der Waals surface area contributed by atoms with Gasteiger partial charge in [-0.3, -0.25) is 4.79 Å². The Hall–Kier alpha value is -4.46. The van der Waals surface area contributed by atoms with Crippen molar-refractivity contribution in [3.8, 4) is 16.9 Å². The summed E-state index contributed by atoms with van der Waals surface area (Å²) in [5, 5.41) is 5.76. The highest BCUT2D eigenvalue weighted by Crippen LogP contribution is 2.27. The minimum absolute atomic E-state index is 0.0587. The van der Waals surface area contributed by atoms with Crippen LogP contribution in [0.1, 0.15) is 10.4 Å². The van der Waals surface area contributed by atoms with Gasteiger partial charge >= 0.3 is 0 Å². The molecule has 1 saturated heterocycles. The second-order valence-electron chi connectivity index (χ2n) is 7.93. The van der Waals surface area contributed by atoms with Gasteiger partial charge in [0.1, 0.15) is 18.2 Å². The third-order valence-electron chi connectivity index (χ3n) is 5.54. The molecule has 0 radical (unpaired) electrons. The van der Waals surface area contributed by atoms with Crippen LogP contribution in [0, 0.1) is 0 Å². The molecule has 0 unspecified atom stereocenters. The Balaban J connectivity index is 1.20. The van der Waals surface area contributed by atoms with Crippen molar-refractivity contribution < 1.29 is 9.53 Å². The average Bonchev–Trinajstić information content (AvgIpc) is 2.86. The average molecular weight is 453 g/mol. The van der Waals surface area contributed by atoms with Crippen LogP contribution in [0.15, 0.2) is 85.2 Å². The largest absolute Gasteiger partial charge is 0.487 e. The highest BCUT2D eigenvalue weighted by Gasteiger charge is 2.30. The Kier molecular flexibility index (Phi) is 6.03. The van der Waals surface area contributed by atoms with Gasteiger partial charge in [-0.15, -0.1) is 0 Å². The lowest BCUT2D eigenvalue weighted by Gasteiger charge is -2.38. The van der Waals surface area contributed by atoms with E-state index in [4.69, 9.17) is 4.74 Å². The van der Waals surface area contributed by atoms with Gasteiger partial charge in [0.2, 0.25) is 11.9 Å². The summed E-state index contributed by atoms with van der Waals surface area (Å²) in [6.07, 6.45) is 1.54. The fraction of sp³-hybridized carbons (Fsp3) is 0.154. The van der Waals surface area contributed by atoms with Crippen LogP contribution in [0.3, 0.4) is 0 Å². The summed E-state index contributed by atoms with van der Waals surface area (Å²) < 4.78 is 6.17. The Morgan fingerprint density at radius 3 is 2.56 bits per heavy atom. The van der Waals surface area contributed by atoms with Crippen LogP contribution in [-0.2, 0) is 0 Å². The zero-order valence-corrected chi connectivity index (χ0v) is 18.7. The van der Waals surface area contributed by atoms with Crippen molar-refractivity contribution >= 4 is 23.5 Å². The van der Waals surface area contributed by atoms with Gasteiger partial charge in [-0.1, -0.05) is 48.5 Å². The summed E-state index contributed by atoms with van der Waals surface area (Å²) in [4.78, 5) is 26.9. The summed E-state index contributed by atoms with van der Waals surface area (Å²) in [6, 6.07) is 25.5. The van der Waals surface area contributed by atoms with Gasteiger partial charge < -0.3 is 20.3 Å². The molecule has 0 bridgehead atoms. The minimum atomic E-state index is -0.152. The highest BCUT2D eigenvalue weighted by atomic mass is 16.5. The molecule has 3 aromatic carbocycles. The monoisotopic (exact) mass is 452 g/mol. The molecule has 0 saturated carbocycles. The molecule has 0 atom stereocenters. The molecule has 0 spiro atoms. The van der Waals surface area contributed by atoms with E-state index in [1.165, 1.54) is 6.33 Å². The minimum Gasteiger partial charge on any atom is -0.487 e. The van der Waals surface area contributed by atoms with Crippen molar-refractivity contribution in [1.82, 2.24) is 20.3 Å². The molecular formula is C26H24N6O2. The fourth-order valence-electron chi connectivity index (χ4n) is 3.76. The van der Waals surface area contributed by atoms with Gasteiger partial charge in [0.15, 0.2) is 0 Å². The molecule has 1 aliphatic rings. The quantitative estimate of drug-likeness (QED) is 0.439. The van der Waals surface area contributed by atoms with E-state index in [-0.39, 0.29) is 12.0 Å². The third-order valence-corrected chi connectivity index (χ3v) is 5.54. The van der Waals surface area contributed by atoms with E-state index in [0.717, 1.165) is 22.6 Å². The standard InChI is InChI=1S/C26H24N6O2/c1-27-24(33)20-10-5-11-21(13-20)30-25-28-17-29-26(31-25)32-15-23(16-32)34-22-12-6-9-19(14-22)18-7-3-2-4-8-18/h2-14,17,23H,15-16H2,1H3,(H,27,33)(H,28,29,30,31). The SMILES string of the molecule is CNC(=O)c1cccc(Nc2ncnc(N3CC(Oc4cccc(-c5ccccc5)c4)C3)n2)c1. The lowest BCUT2D eigenvalue weighted by atomic mass is 10.1. The van der Waals surface area contributed by atoms with Crippen molar-refractivity contribution in [3.63, 3.8) is 0 Å². The van der Waals surface area contributed by atoms with E-state index in [0.29, 0.717) is 30.5 Å². The summed E-state index contributed by atoms with van der Waals surface area (Å²) in [5.74, 6) is 1.69. The molecule has 1 amide bonds. The topological polar surface area (TPSA) is 92.3 Å². The first kappa shape index (κ1) is 21.4. The van der Waals surface area contributed by atoms with E-state index in [2.05, 4.69) is 49.9 Å². The fourth-order valence-corrected chi connectivity index (χ4v) is 3.76. The van der Waals surface area contributed by atoms with Crippen LogP contribution >= 0.6 is 0 Å². The predicted molar refractivity (Wildman–Crippen MR) is 131 cm³/mol. The van der Waals surface area contributed by atoms with Crippen LogP contribution < -0.4 is 20.3 Å². The Morgan fingerprint density at radius 2 is 1.74 bits per heavy atom. The predicted octanol–water partition coefficient (Wildman–Crippen LogP) is 3.91. The van der Waals surface area contributed by atoms with Crippen LogP contribution in [0.4, 0.5) is 17.6 Å². The number of carbonyl (C=O) groups excluding carboxylic acids is 1. The molecule has 1 aromatic heterocycles. The maximum Gasteiger partial charge on any atom is 0.251 e. The van der Waals surface area contributed by atoms with Crippen LogP contribution in [0.25, 0.3) is 11.1 Å². The summed E-state index contributed by atoms with van der Waals surface area (Å²) in [7, 11) is 1.60. The number of hydrogen-bond donors (Lipinski definition) is 2. The van der Waals surface area contributed by atoms with Crippen LogP contribution in [-0.4, -0.2) is 47.1 Å². The number of aromatic nitrogens is 3. The number of hydrogen-bond acceptors (Lipinski definition) is 7. The molecule has 34 heavy (non-hydrogen) atoms. The first-order valence-corrected chi connectivity index (χ1v) is 11.0. The zero-order valence-electron chi connectivity index (χ0n) is 18.7. The third kappa shape index (κ3) is 4.80. The maximum atomic E-state index is 11.9. The summed E-state index contributed by atoms with van der Waals surface area (Å²) >= 11 is 0. The lowest BCUT2D eigenvalue weighted by molar-refractivity contribution is 0.0963. The van der Waals surface area contributed by atoms with Crippen molar-refractivity contribution in [2.24, 2.45) is 0 Å². The van der Waals surface area contributed by atoms with E-state index in [9.17, 15) is 4.79 Å². The lowest BCUT2D eigenvalue weighted by Crippen LogP contribution is -2.54. The number of rotatable bonds is 7. The van der Waals surface area contributed by atoms with Gasteiger partial charge in [-0.25, -0.2) is 9.97 Å². The van der Waals surface area contributed by atoms with Gasteiger partial charge in [0, 0.05) is 18.3 Å². The van der Waals surface area contributed by atoms with Crippen molar-refractivity contribution in [2.75, 3.05) is 30.4 Å². The first-order chi connectivity index (χ1) is 16.7. The molecular weight excluding hydrogens is 428 g/mol. The van der Waals surface area contributed by atoms with Crippen molar-refractivity contribution in [1.29, 1.82) is 0 Å². The van der Waals surface area contributed by atoms with Gasteiger partial charge in [0.25, 0.3) is 5.91 Å². The summed E-state index contributed by atoms with van der Waals surface area (Å²) in [5.41, 5.74) is 3.57. The molecule has 2 heterocycles. The number of benzene rings is 3. The number of anilines is 3. The van der Waals surface area contributed by atoms with E-state index < -0.39 is 0 Å². The molecule has 1 aliphatic heterocycles. The van der Waals surface area contributed by atoms with E-state index in [1.54, 1.807) is 25.2 Å². The Morgan fingerprint density at radius 1 is 0.941 bits per heavy atom. The van der Waals surface area contributed by atoms with Gasteiger partial charge in [0.05, 0.1) is 13.1 Å². The van der Waals surface area contributed by atoms with Crippen LogP contribution in [0.2, 0.25) is 0 Å². The zero-order chi connectivity index (χ0) is 23.3. The number of nitrogens with one attached hydrogen (secondary N) is 2. The van der Waals surface area contributed by atoms with Crippen molar-refractivity contribution in [3.05, 3.63) is 90.8 Å². The molecule has 8 heteroatoms. The molecule has 2 N–H and O–H groups in total. The van der Waals surface area contributed by atoms with Crippen LogP contribution in [0.5, 0.6) is 5.75 Å². The normalized spacial score (nSPS) is 13.1. The Labute approximate surface area is 197 Å². The smallest absolute Gasteiger partial charge is 0.251 e. The molecule has 0 aliphatic carbocycles. The van der Waals surface area contributed by atoms with E-state index >= 15 is 0 Å². The van der Waals surface area contributed by atoms with Gasteiger partial charge in [-0.05, 0) is 41.5 Å². The number of ether oxygens (including phenoxy) is 1. The number of nitrogens with zero attached hydrogens (tertiary/aromatic N) is 4. The van der Waals surface area contributed by atoms with E-state index in [1.807, 2.05) is 41.3 Å². The summed E-state index contributed by atoms with van der Waals surface area (Å²) in [6.45, 7) is 1.37. The second-order valence-corrected chi connectivity index (χ2v) is 7.93. The highest BCUT2D eigenvalue weighted by molar-refractivity contribution is 5.95. The number of amides is 1. The number of carbonyl (C=O) groups is 1. The molecule has 170 valence electrons. The molecule has 1 fully saturated rings. The molecule has 8 nitrogen and oxygen atoms in total. The first-order valence-electron chi connectivity index (χ1n) is 11.0. The molecule has 4 aromatic rings. The molecule has 5 rings (SSSR count). The van der Waals surface area contributed by atoms with Gasteiger partial charge in [-0.2, -0.15) is 4.98 Å². The Bertz CT molecular complexity index is 1290.